The van der Waals surface area contributed by atoms with Gasteiger partial charge in [-0.1, -0.05) is 6.58 Å². The SMILES string of the molecule is C1COCCO1.C=C(C)c1cc([N+](=O)[O-])c(C)cc1OCCN1C[C@@H](C)N(CC(=O)OC(C)(C)C)[C@@H](C)C1. The summed E-state index contributed by atoms with van der Waals surface area (Å²) in [6.45, 7) is 23.5. The molecule has 0 aliphatic carbocycles. The standard InChI is InChI=1S/C24H37N3O5.C4H8O2/c1-16(2)20-12-21(27(29)30)17(3)11-22(20)31-10-9-25-13-18(4)26(19(5)14-25)15-23(28)32-24(6,7)8;1-2-6-4-3-5-1/h11-12,18-19H,1,9-10,13-15H2,2-8H3;1-4H2/t18-,19+;. The molecule has 2 fully saturated rings. The van der Waals surface area contributed by atoms with Gasteiger partial charge >= 0.3 is 5.97 Å². The van der Waals surface area contributed by atoms with E-state index in [1.165, 1.54) is 6.07 Å². The highest BCUT2D eigenvalue weighted by atomic mass is 16.6. The van der Waals surface area contributed by atoms with Crippen molar-refractivity contribution in [3.05, 3.63) is 40.0 Å². The van der Waals surface area contributed by atoms with Crippen LogP contribution in [0.4, 0.5) is 5.69 Å². The molecule has 0 amide bonds. The minimum absolute atomic E-state index is 0.0686. The lowest BCUT2D eigenvalue weighted by Gasteiger charge is -2.44. The third-order valence-electron chi connectivity index (χ3n) is 6.27. The molecule has 0 radical (unpaired) electrons. The van der Waals surface area contributed by atoms with Crippen molar-refractivity contribution in [1.29, 1.82) is 0 Å². The Hall–Kier alpha value is -2.53. The van der Waals surface area contributed by atoms with Crippen LogP contribution in [-0.2, 0) is 19.0 Å². The highest BCUT2D eigenvalue weighted by molar-refractivity contribution is 5.72. The van der Waals surface area contributed by atoms with Crippen molar-refractivity contribution in [3.8, 4) is 5.75 Å². The Labute approximate surface area is 227 Å². The monoisotopic (exact) mass is 535 g/mol. The van der Waals surface area contributed by atoms with Crippen molar-refractivity contribution in [2.75, 3.05) is 59.2 Å². The van der Waals surface area contributed by atoms with E-state index in [-0.39, 0.29) is 35.2 Å². The Bertz CT molecular complexity index is 933. The molecule has 2 heterocycles. The van der Waals surface area contributed by atoms with E-state index in [2.05, 4.69) is 30.2 Å². The van der Waals surface area contributed by atoms with Crippen molar-refractivity contribution in [2.24, 2.45) is 0 Å². The highest BCUT2D eigenvalue weighted by Gasteiger charge is 2.32. The number of hydrogen-bond donors (Lipinski definition) is 0. The van der Waals surface area contributed by atoms with E-state index in [1.807, 2.05) is 27.7 Å². The van der Waals surface area contributed by atoms with Gasteiger partial charge in [0.05, 0.1) is 37.9 Å². The summed E-state index contributed by atoms with van der Waals surface area (Å²) in [5.74, 6) is 0.416. The van der Waals surface area contributed by atoms with Crippen molar-refractivity contribution in [1.82, 2.24) is 9.80 Å². The molecule has 10 heteroatoms. The molecule has 2 aliphatic rings. The topological polar surface area (TPSA) is 104 Å². The van der Waals surface area contributed by atoms with Crippen molar-refractivity contribution >= 4 is 17.2 Å². The molecule has 214 valence electrons. The van der Waals surface area contributed by atoms with Crippen molar-refractivity contribution < 1.29 is 28.7 Å². The molecule has 1 aromatic carbocycles. The van der Waals surface area contributed by atoms with Gasteiger partial charge in [0, 0.05) is 48.9 Å². The zero-order valence-electron chi connectivity index (χ0n) is 24.1. The first-order valence-electron chi connectivity index (χ1n) is 13.2. The van der Waals surface area contributed by atoms with Crippen LogP contribution in [-0.4, -0.2) is 97.6 Å². The molecule has 0 N–H and O–H groups in total. The fourth-order valence-corrected chi connectivity index (χ4v) is 4.53. The van der Waals surface area contributed by atoms with E-state index in [4.69, 9.17) is 18.9 Å². The molecule has 0 unspecified atom stereocenters. The first kappa shape index (κ1) is 31.7. The van der Waals surface area contributed by atoms with E-state index in [0.717, 1.165) is 51.6 Å². The number of ether oxygens (including phenoxy) is 4. The highest BCUT2D eigenvalue weighted by Crippen LogP contribution is 2.32. The molecule has 2 saturated heterocycles. The largest absolute Gasteiger partial charge is 0.492 e. The van der Waals surface area contributed by atoms with Gasteiger partial charge in [0.25, 0.3) is 5.69 Å². The number of piperazine rings is 1. The van der Waals surface area contributed by atoms with Crippen LogP contribution in [0.5, 0.6) is 5.75 Å². The Balaban J connectivity index is 0.000000739. The number of benzene rings is 1. The summed E-state index contributed by atoms with van der Waals surface area (Å²) in [5, 5.41) is 11.2. The summed E-state index contributed by atoms with van der Waals surface area (Å²) in [4.78, 5) is 27.6. The number of nitro benzene ring substituents is 1. The van der Waals surface area contributed by atoms with Gasteiger partial charge in [0.15, 0.2) is 0 Å². The van der Waals surface area contributed by atoms with Gasteiger partial charge in [-0.2, -0.15) is 0 Å². The van der Waals surface area contributed by atoms with Crippen LogP contribution in [0, 0.1) is 17.0 Å². The third kappa shape index (κ3) is 10.3. The first-order valence-corrected chi connectivity index (χ1v) is 13.2. The van der Waals surface area contributed by atoms with E-state index in [0.29, 0.717) is 23.5 Å². The molecular weight excluding hydrogens is 490 g/mol. The lowest BCUT2D eigenvalue weighted by atomic mass is 10.0. The van der Waals surface area contributed by atoms with E-state index >= 15 is 0 Å². The number of esters is 1. The predicted molar refractivity (Wildman–Crippen MR) is 148 cm³/mol. The van der Waals surface area contributed by atoms with Crippen LogP contribution in [0.15, 0.2) is 18.7 Å². The number of nitrogens with zero attached hydrogens (tertiary/aromatic N) is 3. The molecule has 10 nitrogen and oxygen atoms in total. The van der Waals surface area contributed by atoms with Crippen LogP contribution in [0.25, 0.3) is 5.57 Å². The summed E-state index contributed by atoms with van der Waals surface area (Å²) < 4.78 is 21.4. The lowest BCUT2D eigenvalue weighted by molar-refractivity contribution is -0.385. The molecule has 0 aromatic heterocycles. The number of carbonyl (C=O) groups excluding carboxylic acids is 1. The summed E-state index contributed by atoms with van der Waals surface area (Å²) in [7, 11) is 0. The van der Waals surface area contributed by atoms with Gasteiger partial charge < -0.3 is 18.9 Å². The van der Waals surface area contributed by atoms with Gasteiger partial charge in [0.1, 0.15) is 18.0 Å². The van der Waals surface area contributed by atoms with E-state index in [1.54, 1.807) is 13.0 Å². The van der Waals surface area contributed by atoms with Crippen LogP contribution in [0.3, 0.4) is 0 Å². The molecule has 38 heavy (non-hydrogen) atoms. The van der Waals surface area contributed by atoms with Crippen LogP contribution < -0.4 is 4.74 Å². The smallest absolute Gasteiger partial charge is 0.320 e. The van der Waals surface area contributed by atoms with Gasteiger partial charge in [-0.3, -0.25) is 24.7 Å². The van der Waals surface area contributed by atoms with E-state index < -0.39 is 5.60 Å². The number of rotatable bonds is 8. The average Bonchev–Trinajstić information content (AvgIpc) is 2.81. The number of carbonyl (C=O) groups is 1. The zero-order valence-corrected chi connectivity index (χ0v) is 24.1. The second-order valence-corrected chi connectivity index (χ2v) is 11.0. The second kappa shape index (κ2) is 14.6. The number of aryl methyl sites for hydroxylation is 1. The predicted octanol–water partition coefficient (Wildman–Crippen LogP) is 4.08. The molecule has 0 bridgehead atoms. The third-order valence-corrected chi connectivity index (χ3v) is 6.27. The molecule has 0 saturated carbocycles. The summed E-state index contributed by atoms with van der Waals surface area (Å²) in [6, 6.07) is 3.66. The van der Waals surface area contributed by atoms with Gasteiger partial charge in [-0.25, -0.2) is 0 Å². The second-order valence-electron chi connectivity index (χ2n) is 11.0. The summed E-state index contributed by atoms with van der Waals surface area (Å²) in [5.41, 5.74) is 1.53. The molecule has 2 atom stereocenters. The minimum atomic E-state index is -0.485. The van der Waals surface area contributed by atoms with Crippen LogP contribution in [0.1, 0.15) is 52.7 Å². The number of hydrogen-bond acceptors (Lipinski definition) is 9. The summed E-state index contributed by atoms with van der Waals surface area (Å²) >= 11 is 0. The number of allylic oxidation sites excluding steroid dienone is 1. The number of nitro groups is 1. The van der Waals surface area contributed by atoms with Crippen molar-refractivity contribution in [2.45, 2.75) is 66.2 Å². The maximum absolute atomic E-state index is 12.3. The Kier molecular flexibility index (Phi) is 12.2. The Morgan fingerprint density at radius 2 is 1.68 bits per heavy atom. The molecule has 2 aliphatic heterocycles. The van der Waals surface area contributed by atoms with Gasteiger partial charge in [0.2, 0.25) is 0 Å². The first-order chi connectivity index (χ1) is 17.8. The fraction of sp³-hybridized carbons (Fsp3) is 0.679. The normalized spacial score (nSPS) is 20.7. The maximum Gasteiger partial charge on any atom is 0.320 e. The molecular formula is C28H45N3O7. The van der Waals surface area contributed by atoms with Crippen molar-refractivity contribution in [3.63, 3.8) is 0 Å². The van der Waals surface area contributed by atoms with Gasteiger partial charge in [-0.05, 0) is 60.1 Å². The van der Waals surface area contributed by atoms with Crippen LogP contribution >= 0.6 is 0 Å². The maximum atomic E-state index is 12.3. The minimum Gasteiger partial charge on any atom is -0.492 e. The zero-order chi connectivity index (χ0) is 28.5. The Morgan fingerprint density at radius 1 is 1.13 bits per heavy atom. The molecule has 3 rings (SSSR count). The molecule has 1 aromatic rings. The fourth-order valence-electron chi connectivity index (χ4n) is 4.53. The average molecular weight is 536 g/mol. The van der Waals surface area contributed by atoms with Gasteiger partial charge in [-0.15, -0.1) is 0 Å². The summed E-state index contributed by atoms with van der Waals surface area (Å²) in [6.07, 6.45) is 0. The quantitative estimate of drug-likeness (QED) is 0.277. The molecule has 0 spiro atoms. The van der Waals surface area contributed by atoms with E-state index in [9.17, 15) is 14.9 Å². The van der Waals surface area contributed by atoms with Crippen LogP contribution in [0.2, 0.25) is 0 Å². The lowest BCUT2D eigenvalue weighted by Crippen LogP contribution is -2.58. The Morgan fingerprint density at radius 3 is 2.13 bits per heavy atom.